The van der Waals surface area contributed by atoms with Crippen molar-refractivity contribution in [3.63, 3.8) is 0 Å². The maximum absolute atomic E-state index is 14.1. The second-order valence-electron chi connectivity index (χ2n) is 9.99. The molecule has 0 saturated carbocycles. The number of anilines is 1. The molecule has 0 aromatic heterocycles. The zero-order valence-corrected chi connectivity index (χ0v) is 25.7. The predicted molar refractivity (Wildman–Crippen MR) is 163 cm³/mol. The van der Waals surface area contributed by atoms with E-state index in [1.165, 1.54) is 17.0 Å². The first-order valence-corrected chi connectivity index (χ1v) is 15.4. The molecule has 10 heteroatoms. The second-order valence-corrected chi connectivity index (χ2v) is 12.3. The van der Waals surface area contributed by atoms with Crippen LogP contribution < -0.4 is 14.4 Å². The number of benzene rings is 3. The number of rotatable bonds is 13. The first-order valence-electron chi connectivity index (χ1n) is 13.6. The normalized spacial score (nSPS) is 12.1. The Morgan fingerprint density at radius 2 is 1.54 bits per heavy atom. The average molecular weight is 600 g/mol. The highest BCUT2D eigenvalue weighted by atomic mass is 35.5. The summed E-state index contributed by atoms with van der Waals surface area (Å²) in [6.07, 6.45) is 0.339. The van der Waals surface area contributed by atoms with Crippen molar-refractivity contribution in [1.82, 2.24) is 10.2 Å². The molecule has 3 aromatic carbocycles. The molecular weight excluding hydrogens is 562 g/mol. The van der Waals surface area contributed by atoms with Crippen LogP contribution in [-0.2, 0) is 26.2 Å². The van der Waals surface area contributed by atoms with Gasteiger partial charge in [0.25, 0.3) is 10.0 Å². The van der Waals surface area contributed by atoms with Crippen LogP contribution in [0.5, 0.6) is 5.75 Å². The summed E-state index contributed by atoms with van der Waals surface area (Å²) in [4.78, 5) is 28.8. The van der Waals surface area contributed by atoms with Gasteiger partial charge in [-0.3, -0.25) is 13.9 Å². The molecule has 0 heterocycles. The summed E-state index contributed by atoms with van der Waals surface area (Å²) in [5.41, 5.74) is 1.96. The standard InChI is InChI=1S/C31H38ClN3O5S/c1-6-29(31(37)33-22(3)4)34(20-24-10-12-25(32)13-11-24)30(36)21-35(26-14-16-27(17-15-26)40-7-2)41(38,39)28-18-8-23(5)9-19-28/h8-19,22,29H,6-7,20-21H2,1-5H3,(H,33,37)/t29-/m0/s1. The van der Waals surface area contributed by atoms with Crippen LogP contribution in [0.15, 0.2) is 77.7 Å². The zero-order valence-electron chi connectivity index (χ0n) is 24.1. The van der Waals surface area contributed by atoms with Crippen LogP contribution in [0, 0.1) is 6.92 Å². The summed E-state index contributed by atoms with van der Waals surface area (Å²) < 4.78 is 34.5. The van der Waals surface area contributed by atoms with Crippen LogP contribution in [-0.4, -0.2) is 50.4 Å². The third-order valence-electron chi connectivity index (χ3n) is 6.41. The number of hydrogen-bond acceptors (Lipinski definition) is 5. The van der Waals surface area contributed by atoms with Crippen molar-refractivity contribution in [2.45, 2.75) is 64.6 Å². The fourth-order valence-electron chi connectivity index (χ4n) is 4.33. The minimum Gasteiger partial charge on any atom is -0.494 e. The van der Waals surface area contributed by atoms with Crippen LogP contribution in [0.3, 0.4) is 0 Å². The van der Waals surface area contributed by atoms with Crippen LogP contribution in [0.1, 0.15) is 45.2 Å². The molecule has 1 atom stereocenters. The molecule has 0 unspecified atom stereocenters. The van der Waals surface area contributed by atoms with E-state index in [1.54, 1.807) is 60.7 Å². The van der Waals surface area contributed by atoms with Gasteiger partial charge in [0.2, 0.25) is 11.8 Å². The van der Waals surface area contributed by atoms with Crippen molar-refractivity contribution >= 4 is 39.1 Å². The monoisotopic (exact) mass is 599 g/mol. The number of amides is 2. The fourth-order valence-corrected chi connectivity index (χ4v) is 5.87. The van der Waals surface area contributed by atoms with Gasteiger partial charge in [0.15, 0.2) is 0 Å². The minimum absolute atomic E-state index is 0.0543. The molecule has 0 bridgehead atoms. The van der Waals surface area contributed by atoms with Gasteiger partial charge >= 0.3 is 0 Å². The Bertz CT molecular complexity index is 1410. The van der Waals surface area contributed by atoms with Crippen molar-refractivity contribution < 1.29 is 22.7 Å². The first-order chi connectivity index (χ1) is 19.5. The van der Waals surface area contributed by atoms with Gasteiger partial charge in [-0.25, -0.2) is 8.42 Å². The summed E-state index contributed by atoms with van der Waals surface area (Å²) >= 11 is 6.07. The van der Waals surface area contributed by atoms with Gasteiger partial charge in [-0.2, -0.15) is 0 Å². The lowest BCUT2D eigenvalue weighted by Gasteiger charge is -2.33. The number of nitrogens with zero attached hydrogens (tertiary/aromatic N) is 2. The molecule has 0 saturated heterocycles. The molecule has 220 valence electrons. The van der Waals surface area contributed by atoms with Gasteiger partial charge in [0.05, 0.1) is 17.2 Å². The lowest BCUT2D eigenvalue weighted by Crippen LogP contribution is -2.53. The molecule has 3 rings (SSSR count). The summed E-state index contributed by atoms with van der Waals surface area (Å²) in [6.45, 7) is 9.28. The SMILES string of the molecule is CCOc1ccc(N(CC(=O)N(Cc2ccc(Cl)cc2)[C@@H](CC)C(=O)NC(C)C)S(=O)(=O)c2ccc(C)cc2)cc1. The summed E-state index contributed by atoms with van der Waals surface area (Å²) in [5, 5.41) is 3.43. The van der Waals surface area contributed by atoms with Crippen molar-refractivity contribution in [1.29, 1.82) is 0 Å². The van der Waals surface area contributed by atoms with Crippen molar-refractivity contribution in [3.05, 3.63) is 88.9 Å². The minimum atomic E-state index is -4.15. The number of halogens is 1. The highest BCUT2D eigenvalue weighted by Crippen LogP contribution is 2.27. The molecule has 0 fully saturated rings. The summed E-state index contributed by atoms with van der Waals surface area (Å²) in [6, 6.07) is 19.0. The van der Waals surface area contributed by atoms with Gasteiger partial charge in [0.1, 0.15) is 18.3 Å². The van der Waals surface area contributed by atoms with E-state index in [-0.39, 0.29) is 23.4 Å². The molecule has 0 aliphatic heterocycles. The van der Waals surface area contributed by atoms with Crippen LogP contribution >= 0.6 is 11.6 Å². The number of ether oxygens (including phenoxy) is 1. The molecule has 1 N–H and O–H groups in total. The molecule has 0 aliphatic carbocycles. The molecule has 0 radical (unpaired) electrons. The van der Waals surface area contributed by atoms with E-state index in [0.29, 0.717) is 29.5 Å². The van der Waals surface area contributed by atoms with Crippen LogP contribution in [0.2, 0.25) is 5.02 Å². The summed E-state index contributed by atoms with van der Waals surface area (Å²) in [5.74, 6) is -0.245. The highest BCUT2D eigenvalue weighted by Gasteiger charge is 2.33. The predicted octanol–water partition coefficient (Wildman–Crippen LogP) is 5.57. The number of hydrogen-bond donors (Lipinski definition) is 1. The Morgan fingerprint density at radius 1 is 0.927 bits per heavy atom. The number of sulfonamides is 1. The van der Waals surface area contributed by atoms with Gasteiger partial charge in [0, 0.05) is 17.6 Å². The van der Waals surface area contributed by atoms with E-state index in [2.05, 4.69) is 5.32 Å². The van der Waals surface area contributed by atoms with Gasteiger partial charge in [-0.1, -0.05) is 48.4 Å². The fraction of sp³-hybridized carbons (Fsp3) is 0.355. The van der Waals surface area contributed by atoms with E-state index in [1.807, 2.05) is 34.6 Å². The van der Waals surface area contributed by atoms with E-state index < -0.39 is 28.5 Å². The van der Waals surface area contributed by atoms with E-state index in [9.17, 15) is 18.0 Å². The third-order valence-corrected chi connectivity index (χ3v) is 8.45. The lowest BCUT2D eigenvalue weighted by atomic mass is 10.1. The van der Waals surface area contributed by atoms with Crippen molar-refractivity contribution in [2.24, 2.45) is 0 Å². The van der Waals surface area contributed by atoms with Gasteiger partial charge in [-0.05, 0) is 88.2 Å². The Balaban J connectivity index is 2.06. The molecule has 0 aliphatic rings. The first kappa shape index (κ1) is 32.0. The molecule has 8 nitrogen and oxygen atoms in total. The lowest BCUT2D eigenvalue weighted by molar-refractivity contribution is -0.140. The van der Waals surface area contributed by atoms with Gasteiger partial charge in [-0.15, -0.1) is 0 Å². The van der Waals surface area contributed by atoms with Crippen LogP contribution in [0.4, 0.5) is 5.69 Å². The Labute approximate surface area is 248 Å². The smallest absolute Gasteiger partial charge is 0.264 e. The Hall–Kier alpha value is -3.56. The molecular formula is C31H38ClN3O5S. The van der Waals surface area contributed by atoms with Gasteiger partial charge < -0.3 is 15.0 Å². The Morgan fingerprint density at radius 3 is 2.07 bits per heavy atom. The maximum Gasteiger partial charge on any atom is 0.264 e. The van der Waals surface area contributed by atoms with E-state index in [4.69, 9.17) is 16.3 Å². The second kappa shape index (κ2) is 14.4. The molecule has 2 amide bonds. The third kappa shape index (κ3) is 8.47. The quantitative estimate of drug-likeness (QED) is 0.277. The van der Waals surface area contributed by atoms with Crippen molar-refractivity contribution in [2.75, 3.05) is 17.5 Å². The van der Waals surface area contributed by atoms with Crippen LogP contribution in [0.25, 0.3) is 0 Å². The van der Waals surface area contributed by atoms with E-state index >= 15 is 0 Å². The zero-order chi connectivity index (χ0) is 30.2. The van der Waals surface area contributed by atoms with E-state index in [0.717, 1.165) is 15.4 Å². The number of carbonyl (C=O) groups excluding carboxylic acids is 2. The number of nitrogens with one attached hydrogen (secondary N) is 1. The largest absolute Gasteiger partial charge is 0.494 e. The average Bonchev–Trinajstić information content (AvgIpc) is 2.93. The number of carbonyl (C=O) groups is 2. The molecule has 3 aromatic rings. The highest BCUT2D eigenvalue weighted by molar-refractivity contribution is 7.92. The van der Waals surface area contributed by atoms with Crippen molar-refractivity contribution in [3.8, 4) is 5.75 Å². The topological polar surface area (TPSA) is 96.0 Å². The summed E-state index contributed by atoms with van der Waals surface area (Å²) in [7, 11) is -4.15. The maximum atomic E-state index is 14.1. The Kier molecular flexibility index (Phi) is 11.2. The molecule has 41 heavy (non-hydrogen) atoms. The number of aryl methyl sites for hydroxylation is 1. The molecule has 0 spiro atoms.